The first kappa shape index (κ1) is 17.5. The summed E-state index contributed by atoms with van der Waals surface area (Å²) in [5.41, 5.74) is 0.743. The van der Waals surface area contributed by atoms with E-state index in [1.165, 1.54) is 0 Å². The molecule has 2 saturated carbocycles. The maximum Gasteiger partial charge on any atom is 0.503 e. The van der Waals surface area contributed by atoms with Gasteiger partial charge in [-0.1, -0.05) is 0 Å². The van der Waals surface area contributed by atoms with E-state index in [1.807, 2.05) is 0 Å². The summed E-state index contributed by atoms with van der Waals surface area (Å²) in [5.74, 6) is 1.08. The predicted molar refractivity (Wildman–Crippen MR) is 81.9 cm³/mol. The van der Waals surface area contributed by atoms with Crippen molar-refractivity contribution >= 4 is 17.6 Å². The Labute approximate surface area is 129 Å². The van der Waals surface area contributed by atoms with Gasteiger partial charge in [0.05, 0.1) is 0 Å². The third-order valence-electron chi connectivity index (χ3n) is 5.47. The highest BCUT2D eigenvalue weighted by molar-refractivity contribution is 6.64. The van der Waals surface area contributed by atoms with Gasteiger partial charge >= 0.3 is 17.6 Å². The molecule has 2 rings (SSSR count). The lowest BCUT2D eigenvalue weighted by atomic mass is 9.99. The number of hydrogen-bond acceptors (Lipinski definition) is 6. The molecule has 2 aliphatic rings. The van der Waals surface area contributed by atoms with Crippen LogP contribution in [0, 0.1) is 11.8 Å². The molecule has 0 aromatic rings. The molecular weight excluding hydrogens is 308 g/mol. The lowest BCUT2D eigenvalue weighted by Gasteiger charge is -2.40. The Hall–Kier alpha value is 0.194. The zero-order valence-electron chi connectivity index (χ0n) is 13.9. The van der Waals surface area contributed by atoms with Crippen LogP contribution in [-0.4, -0.2) is 60.3 Å². The van der Waals surface area contributed by atoms with Gasteiger partial charge in [-0.15, -0.1) is 0 Å². The third kappa shape index (κ3) is 2.65. The van der Waals surface area contributed by atoms with Crippen LogP contribution in [0.25, 0.3) is 0 Å². The highest BCUT2D eigenvalue weighted by Crippen LogP contribution is 2.62. The first-order chi connectivity index (χ1) is 10.1. The zero-order valence-corrected chi connectivity index (χ0v) is 15.9. The molecule has 0 heterocycles. The average Bonchev–Trinajstić information content (AvgIpc) is 3.13. The van der Waals surface area contributed by atoms with Crippen LogP contribution in [0.5, 0.6) is 0 Å². The van der Waals surface area contributed by atoms with Crippen molar-refractivity contribution in [3.8, 4) is 0 Å². The Morgan fingerprint density at radius 3 is 1.00 bits per heavy atom. The summed E-state index contributed by atoms with van der Waals surface area (Å²) in [6.45, 7) is 0. The first-order valence-electron chi connectivity index (χ1n) is 7.37. The summed E-state index contributed by atoms with van der Waals surface area (Å²) in [5, 5.41) is 0. The Balaban J connectivity index is 2.15. The van der Waals surface area contributed by atoms with E-state index in [0.717, 1.165) is 19.3 Å². The molecule has 0 N–H and O–H groups in total. The SMILES string of the molecule is CO[Si](OC)(OC)C1CC2CC1CC2[Si](OC)(OC)OC. The topological polar surface area (TPSA) is 55.4 Å². The molecule has 2 bridgehead atoms. The normalized spacial score (nSPS) is 32.9. The maximum absolute atomic E-state index is 5.68. The van der Waals surface area contributed by atoms with Gasteiger partial charge in [0, 0.05) is 53.7 Å². The Bertz CT molecular complexity index is 299. The lowest BCUT2D eigenvalue weighted by Crippen LogP contribution is -2.53. The molecular formula is C13H28O6Si2. The minimum absolute atomic E-state index is 0.371. The molecule has 0 saturated heterocycles. The Kier molecular flexibility index (Phi) is 5.64. The molecule has 21 heavy (non-hydrogen) atoms. The molecule has 124 valence electrons. The van der Waals surface area contributed by atoms with Crippen LogP contribution >= 0.6 is 0 Å². The minimum Gasteiger partial charge on any atom is -0.377 e. The molecule has 8 heteroatoms. The lowest BCUT2D eigenvalue weighted by molar-refractivity contribution is 0.0866. The van der Waals surface area contributed by atoms with Crippen LogP contribution in [0.15, 0.2) is 0 Å². The monoisotopic (exact) mass is 336 g/mol. The van der Waals surface area contributed by atoms with E-state index in [0.29, 0.717) is 22.9 Å². The molecule has 0 aromatic carbocycles. The second kappa shape index (κ2) is 6.75. The van der Waals surface area contributed by atoms with E-state index >= 15 is 0 Å². The van der Waals surface area contributed by atoms with Crippen LogP contribution in [0.2, 0.25) is 11.1 Å². The van der Waals surface area contributed by atoms with Crippen LogP contribution in [0.4, 0.5) is 0 Å². The van der Waals surface area contributed by atoms with Gasteiger partial charge in [0.15, 0.2) is 0 Å². The smallest absolute Gasteiger partial charge is 0.377 e. The zero-order chi connectivity index (χ0) is 15.7. The van der Waals surface area contributed by atoms with E-state index in [1.54, 1.807) is 42.7 Å². The molecule has 2 fully saturated rings. The van der Waals surface area contributed by atoms with Crippen molar-refractivity contribution in [2.75, 3.05) is 42.7 Å². The van der Waals surface area contributed by atoms with Gasteiger partial charge in [-0.05, 0) is 31.1 Å². The van der Waals surface area contributed by atoms with Crippen LogP contribution in [0.1, 0.15) is 19.3 Å². The summed E-state index contributed by atoms with van der Waals surface area (Å²) in [4.78, 5) is 0. The molecule has 4 unspecified atom stereocenters. The van der Waals surface area contributed by atoms with Crippen molar-refractivity contribution in [3.63, 3.8) is 0 Å². The predicted octanol–water partition coefficient (Wildman–Crippen LogP) is 1.91. The third-order valence-corrected chi connectivity index (χ3v) is 12.1. The van der Waals surface area contributed by atoms with Crippen molar-refractivity contribution < 1.29 is 26.6 Å². The number of hydrogen-bond donors (Lipinski definition) is 0. The fourth-order valence-corrected chi connectivity index (χ4v) is 10.2. The van der Waals surface area contributed by atoms with Gasteiger partial charge in [-0.25, -0.2) is 0 Å². The van der Waals surface area contributed by atoms with Gasteiger partial charge in [0.1, 0.15) is 0 Å². The van der Waals surface area contributed by atoms with E-state index in [2.05, 4.69) is 0 Å². The first-order valence-corrected chi connectivity index (χ1v) is 11.0. The minimum atomic E-state index is -2.56. The molecule has 4 atom stereocenters. The van der Waals surface area contributed by atoms with Gasteiger partial charge < -0.3 is 26.6 Å². The fourth-order valence-electron chi connectivity index (χ4n) is 4.55. The van der Waals surface area contributed by atoms with Crippen molar-refractivity contribution in [1.29, 1.82) is 0 Å². The summed E-state index contributed by atoms with van der Waals surface area (Å²) in [7, 11) is 5.05. The second-order valence-corrected chi connectivity index (χ2v) is 12.2. The second-order valence-electron chi connectivity index (χ2n) is 5.87. The molecule has 0 amide bonds. The van der Waals surface area contributed by atoms with E-state index < -0.39 is 17.6 Å². The molecule has 0 aliphatic heterocycles. The Morgan fingerprint density at radius 2 is 0.810 bits per heavy atom. The molecule has 0 aromatic heterocycles. The number of rotatable bonds is 8. The van der Waals surface area contributed by atoms with Gasteiger partial charge in [0.2, 0.25) is 0 Å². The highest BCUT2D eigenvalue weighted by atomic mass is 28.4. The van der Waals surface area contributed by atoms with Gasteiger partial charge in [-0.3, -0.25) is 0 Å². The molecule has 6 nitrogen and oxygen atoms in total. The van der Waals surface area contributed by atoms with Crippen LogP contribution in [0.3, 0.4) is 0 Å². The summed E-state index contributed by atoms with van der Waals surface area (Å²) < 4.78 is 34.1. The van der Waals surface area contributed by atoms with Gasteiger partial charge in [-0.2, -0.15) is 0 Å². The van der Waals surface area contributed by atoms with E-state index in [-0.39, 0.29) is 0 Å². The van der Waals surface area contributed by atoms with Crippen molar-refractivity contribution in [1.82, 2.24) is 0 Å². The highest BCUT2D eigenvalue weighted by Gasteiger charge is 2.65. The fraction of sp³-hybridized carbons (Fsp3) is 1.00. The summed E-state index contributed by atoms with van der Waals surface area (Å²) >= 11 is 0. The summed E-state index contributed by atoms with van der Waals surface area (Å²) in [6, 6.07) is 0. The molecule has 0 radical (unpaired) electrons. The van der Waals surface area contributed by atoms with Crippen LogP contribution in [-0.2, 0) is 26.6 Å². The number of fused-ring (bicyclic) bond motifs is 2. The largest absolute Gasteiger partial charge is 0.503 e. The summed E-state index contributed by atoms with van der Waals surface area (Å²) in [6.07, 6.45) is 3.24. The van der Waals surface area contributed by atoms with Crippen LogP contribution < -0.4 is 0 Å². The standard InChI is InChI=1S/C13H28O6Si2/c1-14-20(15-2,16-3)12-8-11-7-10(12)9-13(11)21(17-4,18-5)19-6/h10-13H,7-9H2,1-6H3. The average molecular weight is 337 g/mol. The maximum atomic E-state index is 5.68. The Morgan fingerprint density at radius 1 is 0.524 bits per heavy atom. The van der Waals surface area contributed by atoms with E-state index in [4.69, 9.17) is 26.6 Å². The van der Waals surface area contributed by atoms with E-state index in [9.17, 15) is 0 Å². The van der Waals surface area contributed by atoms with Crippen molar-refractivity contribution in [2.24, 2.45) is 11.8 Å². The molecule has 0 spiro atoms. The van der Waals surface area contributed by atoms with Gasteiger partial charge in [0.25, 0.3) is 0 Å². The molecule has 2 aliphatic carbocycles. The van der Waals surface area contributed by atoms with Crippen molar-refractivity contribution in [2.45, 2.75) is 30.3 Å². The quantitative estimate of drug-likeness (QED) is 0.631. The van der Waals surface area contributed by atoms with Crippen molar-refractivity contribution in [3.05, 3.63) is 0 Å².